The molecule has 0 fully saturated rings. The van der Waals surface area contributed by atoms with Gasteiger partial charge in [-0.2, -0.15) is 0 Å². The van der Waals surface area contributed by atoms with Gasteiger partial charge >= 0.3 is 0 Å². The van der Waals surface area contributed by atoms with Crippen LogP contribution in [0.15, 0.2) is 84.9 Å². The van der Waals surface area contributed by atoms with Crippen LogP contribution in [0.25, 0.3) is 0 Å². The topological polar surface area (TPSA) is 0 Å². The molecule has 0 saturated carbocycles. The molecule has 0 amide bonds. The van der Waals surface area contributed by atoms with E-state index in [9.17, 15) is 0 Å². The van der Waals surface area contributed by atoms with Gasteiger partial charge in [-0.15, -0.1) is 11.1 Å². The summed E-state index contributed by atoms with van der Waals surface area (Å²) in [5, 5.41) is 0. The van der Waals surface area contributed by atoms with Gasteiger partial charge in [0.2, 0.25) is 0 Å². The summed E-state index contributed by atoms with van der Waals surface area (Å²) in [5.41, 5.74) is 18.5. The van der Waals surface area contributed by atoms with Gasteiger partial charge in [0.15, 0.2) is 0 Å². The summed E-state index contributed by atoms with van der Waals surface area (Å²) in [6.07, 6.45) is 3.75. The molecule has 0 radical (unpaired) electrons. The van der Waals surface area contributed by atoms with Crippen molar-refractivity contribution >= 4 is 16.1 Å². The van der Waals surface area contributed by atoms with Gasteiger partial charge in [-0.25, -0.2) is 0 Å². The molecule has 4 aliphatic carbocycles. The van der Waals surface area contributed by atoms with E-state index in [-0.39, 0.29) is 0 Å². The molecule has 0 N–H and O–H groups in total. The Kier molecular flexibility index (Phi) is 9.48. The zero-order valence-corrected chi connectivity index (χ0v) is 28.9. The lowest BCUT2D eigenvalue weighted by Gasteiger charge is -2.13. The summed E-state index contributed by atoms with van der Waals surface area (Å²) < 4.78 is 0. The van der Waals surface area contributed by atoms with Gasteiger partial charge in [-0.1, -0.05) is 123 Å². The lowest BCUT2D eigenvalue weighted by atomic mass is 9.91. The quantitative estimate of drug-likeness (QED) is 0.140. The van der Waals surface area contributed by atoms with Gasteiger partial charge in [-0.3, -0.25) is 0 Å². The normalized spacial score (nSPS) is 12.1. The first-order chi connectivity index (χ1) is 21.0. The Hall–Kier alpha value is -4.45. The number of hydrogen-bond acceptors (Lipinski definition) is 0. The van der Waals surface area contributed by atoms with Crippen molar-refractivity contribution < 1.29 is 0 Å². The fraction of sp³-hybridized carbons (Fsp3) is 0.238. The fourth-order valence-corrected chi connectivity index (χ4v) is 5.99. The smallest absolute Gasteiger partial charge is 0.127 e. The molecule has 0 atom stereocenters. The Bertz CT molecular complexity index is 1800. The molecule has 8 rings (SSSR count). The lowest BCUT2D eigenvalue weighted by molar-refractivity contribution is 0.916. The van der Waals surface area contributed by atoms with Gasteiger partial charge in [-0.05, 0) is 84.3 Å². The zero-order valence-electron chi connectivity index (χ0n) is 26.9. The van der Waals surface area contributed by atoms with E-state index < -0.39 is 16.1 Å². The fourth-order valence-electron chi connectivity index (χ4n) is 4.97. The maximum Gasteiger partial charge on any atom is 0.129 e. The van der Waals surface area contributed by atoms with Crippen molar-refractivity contribution in [2.24, 2.45) is 0 Å². The van der Waals surface area contributed by atoms with Crippen LogP contribution in [0.5, 0.6) is 0 Å². The second-order valence-corrected chi connectivity index (χ2v) is 23.1. The molecule has 0 aromatic heterocycles. The van der Waals surface area contributed by atoms with Crippen LogP contribution in [0.4, 0.5) is 0 Å². The molecule has 0 nitrogen and oxygen atoms in total. The van der Waals surface area contributed by atoms with E-state index >= 15 is 0 Å². The summed E-state index contributed by atoms with van der Waals surface area (Å²) in [5.74, 6) is 20.9. The van der Waals surface area contributed by atoms with Crippen LogP contribution in [0, 0.1) is 46.6 Å². The van der Waals surface area contributed by atoms with Gasteiger partial charge in [0.25, 0.3) is 0 Å². The van der Waals surface area contributed by atoms with E-state index in [1.165, 1.54) is 22.3 Å². The molecule has 0 aliphatic heterocycles. The predicted molar refractivity (Wildman–Crippen MR) is 193 cm³/mol. The Morgan fingerprint density at radius 1 is 0.386 bits per heavy atom. The second kappa shape index (κ2) is 13.5. The Morgan fingerprint density at radius 2 is 0.727 bits per heavy atom. The van der Waals surface area contributed by atoms with Crippen LogP contribution in [0.3, 0.4) is 0 Å². The van der Waals surface area contributed by atoms with Gasteiger partial charge in [0.1, 0.15) is 16.1 Å². The summed E-state index contributed by atoms with van der Waals surface area (Å²) in [6, 6.07) is 30.3. The molecule has 216 valence electrons. The Morgan fingerprint density at radius 3 is 1.09 bits per heavy atom. The van der Waals surface area contributed by atoms with E-state index in [0.717, 1.165) is 59.1 Å². The van der Waals surface area contributed by atoms with Crippen molar-refractivity contribution in [3.8, 4) is 46.6 Å². The minimum Gasteiger partial charge on any atom is -0.127 e. The molecule has 2 heteroatoms. The average molecular weight is 601 g/mol. The minimum atomic E-state index is -1.47. The minimum absolute atomic E-state index is 0.933. The van der Waals surface area contributed by atoms with E-state index in [1.54, 1.807) is 0 Å². The first-order valence-electron chi connectivity index (χ1n) is 15.5. The SMILES string of the molecule is C[Si](C)(C)C#Cc1ccccc1C#Cc1cc2ccc1CCc1ccc(c(C#Cc3ccccc3C#C[Si](C)(C)C)c1)CC2. The molecule has 4 aromatic carbocycles. The molecule has 44 heavy (non-hydrogen) atoms. The van der Waals surface area contributed by atoms with E-state index in [0.29, 0.717) is 0 Å². The summed E-state index contributed by atoms with van der Waals surface area (Å²) in [4.78, 5) is 0. The van der Waals surface area contributed by atoms with Crippen LogP contribution >= 0.6 is 0 Å². The highest BCUT2D eigenvalue weighted by atomic mass is 28.3. The number of benzene rings is 4. The van der Waals surface area contributed by atoms with Crippen molar-refractivity contribution in [1.82, 2.24) is 0 Å². The predicted octanol–water partition coefficient (Wildman–Crippen LogP) is 8.83. The monoisotopic (exact) mass is 600 g/mol. The third-order valence-electron chi connectivity index (χ3n) is 7.38. The highest BCUT2D eigenvalue weighted by Gasteiger charge is 2.11. The second-order valence-electron chi connectivity index (χ2n) is 13.6. The lowest BCUT2D eigenvalue weighted by Crippen LogP contribution is -2.16. The number of rotatable bonds is 0. The van der Waals surface area contributed by atoms with Gasteiger partial charge in [0, 0.05) is 33.4 Å². The van der Waals surface area contributed by atoms with E-state index in [1.807, 2.05) is 0 Å². The molecule has 0 saturated heterocycles. The molecular weight excluding hydrogens is 561 g/mol. The number of aryl methyl sites for hydroxylation is 4. The van der Waals surface area contributed by atoms with Crippen LogP contribution in [-0.4, -0.2) is 16.1 Å². The number of hydrogen-bond donors (Lipinski definition) is 0. The van der Waals surface area contributed by atoms with Crippen molar-refractivity contribution in [3.05, 3.63) is 141 Å². The van der Waals surface area contributed by atoms with Crippen molar-refractivity contribution in [2.45, 2.75) is 65.0 Å². The molecule has 0 spiro atoms. The highest BCUT2D eigenvalue weighted by molar-refractivity contribution is 6.84. The van der Waals surface area contributed by atoms with Crippen LogP contribution in [0.2, 0.25) is 39.3 Å². The van der Waals surface area contributed by atoms with E-state index in [4.69, 9.17) is 0 Å². The molecule has 4 aromatic rings. The maximum absolute atomic E-state index is 3.54. The summed E-state index contributed by atoms with van der Waals surface area (Å²) >= 11 is 0. The molecule has 4 aliphatic rings. The van der Waals surface area contributed by atoms with E-state index in [2.05, 4.69) is 171 Å². The third-order valence-corrected chi connectivity index (χ3v) is 9.13. The maximum atomic E-state index is 3.54. The molecular formula is C42H40Si2. The largest absolute Gasteiger partial charge is 0.129 e. The van der Waals surface area contributed by atoms with Crippen molar-refractivity contribution in [2.75, 3.05) is 0 Å². The highest BCUT2D eigenvalue weighted by Crippen LogP contribution is 2.22. The van der Waals surface area contributed by atoms with Crippen molar-refractivity contribution in [3.63, 3.8) is 0 Å². The average Bonchev–Trinajstić information content (AvgIpc) is 2.98. The Labute approximate surface area is 267 Å². The first kappa shape index (κ1) is 31.0. The summed E-state index contributed by atoms with van der Waals surface area (Å²) in [6.45, 7) is 13.6. The van der Waals surface area contributed by atoms with Crippen LogP contribution in [0.1, 0.15) is 55.6 Å². The standard InChI is InChI=1S/C42H40Si2/c1-43(2,3)29-27-37-13-9-7-11-35(37)23-25-41-31-33-15-19-39(41)21-17-34-16-20-40(22-18-33)42(32-34)26-24-36-12-8-10-14-38(36)28-30-44(4,5)6/h7-16,19-20,31-32H,17-18,21-22H2,1-6H3. The van der Waals surface area contributed by atoms with Gasteiger partial charge in [0.05, 0.1) is 0 Å². The first-order valence-corrected chi connectivity index (χ1v) is 22.5. The zero-order chi connectivity index (χ0) is 31.2. The summed E-state index contributed by atoms with van der Waals surface area (Å²) in [7, 11) is -2.94. The molecule has 0 heterocycles. The Balaban J connectivity index is 1.44. The third kappa shape index (κ3) is 8.79. The van der Waals surface area contributed by atoms with Gasteiger partial charge < -0.3 is 0 Å². The molecule has 0 unspecified atom stereocenters. The van der Waals surface area contributed by atoms with Crippen LogP contribution in [-0.2, 0) is 25.7 Å². The van der Waals surface area contributed by atoms with Crippen LogP contribution < -0.4 is 0 Å². The molecule has 4 bridgehead atoms. The van der Waals surface area contributed by atoms with Crippen molar-refractivity contribution in [1.29, 1.82) is 0 Å².